The van der Waals surface area contributed by atoms with Gasteiger partial charge in [-0.1, -0.05) is 6.92 Å². The number of hydrogen-bond acceptors (Lipinski definition) is 6. The standard InChI is InChI=1S/C14H20N2O6.ClH/c1-3-6-15(10-14(17)18)7-8-22-13-5-4-11(21-2)9-12(13)16(19)20;/h4-5,9H,3,6-8,10H2,1-2H3,(H,17,18);1H. The summed E-state index contributed by atoms with van der Waals surface area (Å²) in [6.07, 6.45) is 0.815. The summed E-state index contributed by atoms with van der Waals surface area (Å²) in [5.74, 6) is -0.404. The lowest BCUT2D eigenvalue weighted by molar-refractivity contribution is -0.385. The van der Waals surface area contributed by atoms with Crippen molar-refractivity contribution >= 4 is 24.1 Å². The van der Waals surface area contributed by atoms with E-state index >= 15 is 0 Å². The summed E-state index contributed by atoms with van der Waals surface area (Å²) >= 11 is 0. The molecule has 130 valence electrons. The van der Waals surface area contributed by atoms with Crippen LogP contribution >= 0.6 is 12.4 Å². The molecular weight excluding hydrogens is 328 g/mol. The third kappa shape index (κ3) is 7.16. The van der Waals surface area contributed by atoms with Crippen LogP contribution in [0.5, 0.6) is 11.5 Å². The number of ether oxygens (including phenoxy) is 2. The minimum Gasteiger partial charge on any atom is -0.496 e. The Labute approximate surface area is 140 Å². The van der Waals surface area contributed by atoms with E-state index in [4.69, 9.17) is 14.6 Å². The van der Waals surface area contributed by atoms with Gasteiger partial charge in [0.05, 0.1) is 24.6 Å². The molecule has 0 atom stereocenters. The Hall–Kier alpha value is -2.06. The molecule has 1 aromatic rings. The van der Waals surface area contributed by atoms with Crippen molar-refractivity contribution < 1.29 is 24.3 Å². The average molecular weight is 349 g/mol. The van der Waals surface area contributed by atoms with Gasteiger partial charge in [0.25, 0.3) is 0 Å². The maximum Gasteiger partial charge on any atom is 0.317 e. The highest BCUT2D eigenvalue weighted by Gasteiger charge is 2.17. The molecule has 8 nitrogen and oxygen atoms in total. The van der Waals surface area contributed by atoms with Crippen LogP contribution in [0.3, 0.4) is 0 Å². The van der Waals surface area contributed by atoms with Crippen LogP contribution in [-0.2, 0) is 4.79 Å². The van der Waals surface area contributed by atoms with Gasteiger partial charge in [0.1, 0.15) is 12.4 Å². The van der Waals surface area contributed by atoms with E-state index in [0.717, 1.165) is 6.42 Å². The molecule has 1 aromatic carbocycles. The number of rotatable bonds is 10. The molecule has 23 heavy (non-hydrogen) atoms. The van der Waals surface area contributed by atoms with E-state index in [2.05, 4.69) is 0 Å². The second-order valence-electron chi connectivity index (χ2n) is 4.61. The lowest BCUT2D eigenvalue weighted by atomic mass is 10.3. The summed E-state index contributed by atoms with van der Waals surface area (Å²) < 4.78 is 10.4. The molecule has 0 heterocycles. The van der Waals surface area contributed by atoms with E-state index in [1.165, 1.54) is 19.2 Å². The fraction of sp³-hybridized carbons (Fsp3) is 0.500. The first-order valence-electron chi connectivity index (χ1n) is 6.87. The highest BCUT2D eigenvalue weighted by Crippen LogP contribution is 2.30. The Morgan fingerprint density at radius 2 is 2.09 bits per heavy atom. The Bertz CT molecular complexity index is 526. The molecule has 0 aromatic heterocycles. The van der Waals surface area contributed by atoms with Crippen LogP contribution in [-0.4, -0.2) is 54.3 Å². The fourth-order valence-electron chi connectivity index (χ4n) is 1.95. The highest BCUT2D eigenvalue weighted by atomic mass is 35.5. The van der Waals surface area contributed by atoms with E-state index < -0.39 is 10.9 Å². The number of nitro benzene ring substituents is 1. The minimum absolute atomic E-state index is 0. The maximum atomic E-state index is 11.0. The molecular formula is C14H21ClN2O6. The zero-order chi connectivity index (χ0) is 16.5. The van der Waals surface area contributed by atoms with Crippen LogP contribution in [0.15, 0.2) is 18.2 Å². The molecule has 0 saturated carbocycles. The topological polar surface area (TPSA) is 102 Å². The number of benzene rings is 1. The van der Waals surface area contributed by atoms with Gasteiger partial charge in [-0.15, -0.1) is 12.4 Å². The van der Waals surface area contributed by atoms with E-state index in [0.29, 0.717) is 18.8 Å². The fourth-order valence-corrected chi connectivity index (χ4v) is 1.95. The number of carboxylic acids is 1. The smallest absolute Gasteiger partial charge is 0.317 e. The molecule has 1 rings (SSSR count). The first kappa shape index (κ1) is 20.9. The summed E-state index contributed by atoms with van der Waals surface area (Å²) in [7, 11) is 1.42. The normalized spacial score (nSPS) is 10.0. The van der Waals surface area contributed by atoms with Gasteiger partial charge in [0.2, 0.25) is 0 Å². The molecule has 0 radical (unpaired) electrons. The summed E-state index contributed by atoms with van der Waals surface area (Å²) in [6.45, 7) is 3.04. The van der Waals surface area contributed by atoms with Crippen LogP contribution < -0.4 is 9.47 Å². The number of nitro groups is 1. The van der Waals surface area contributed by atoms with Crippen LogP contribution in [0.25, 0.3) is 0 Å². The predicted octanol–water partition coefficient (Wildman–Crippen LogP) is 2.20. The lowest BCUT2D eigenvalue weighted by Gasteiger charge is -2.19. The number of carboxylic acid groups (broad SMARTS) is 1. The zero-order valence-electron chi connectivity index (χ0n) is 13.1. The van der Waals surface area contributed by atoms with Gasteiger partial charge in [-0.2, -0.15) is 0 Å². The summed E-state index contributed by atoms with van der Waals surface area (Å²) in [5.41, 5.74) is -0.181. The Balaban J connectivity index is 0.00000484. The second kappa shape index (κ2) is 10.6. The number of aliphatic carboxylic acids is 1. The Kier molecular flexibility index (Phi) is 9.68. The largest absolute Gasteiger partial charge is 0.496 e. The predicted molar refractivity (Wildman–Crippen MR) is 86.8 cm³/mol. The molecule has 0 bridgehead atoms. The van der Waals surface area contributed by atoms with Crippen molar-refractivity contribution in [3.05, 3.63) is 28.3 Å². The first-order valence-corrected chi connectivity index (χ1v) is 6.87. The molecule has 0 unspecified atom stereocenters. The molecule has 0 aliphatic carbocycles. The second-order valence-corrected chi connectivity index (χ2v) is 4.61. The van der Waals surface area contributed by atoms with Crippen molar-refractivity contribution in [1.29, 1.82) is 0 Å². The molecule has 0 saturated heterocycles. The summed E-state index contributed by atoms with van der Waals surface area (Å²) in [5, 5.41) is 19.8. The highest BCUT2D eigenvalue weighted by molar-refractivity contribution is 5.85. The number of hydrogen-bond donors (Lipinski definition) is 1. The van der Waals surface area contributed by atoms with Crippen LogP contribution in [0.4, 0.5) is 5.69 Å². The van der Waals surface area contributed by atoms with Crippen molar-refractivity contribution in [1.82, 2.24) is 4.90 Å². The molecule has 0 fully saturated rings. The van der Waals surface area contributed by atoms with Crippen LogP contribution in [0.2, 0.25) is 0 Å². The van der Waals surface area contributed by atoms with Crippen molar-refractivity contribution in [3.8, 4) is 11.5 Å². The van der Waals surface area contributed by atoms with Crippen molar-refractivity contribution in [2.24, 2.45) is 0 Å². The van der Waals surface area contributed by atoms with Crippen LogP contribution in [0.1, 0.15) is 13.3 Å². The van der Waals surface area contributed by atoms with Crippen molar-refractivity contribution in [2.75, 3.05) is 33.4 Å². The average Bonchev–Trinajstić information content (AvgIpc) is 2.46. The molecule has 9 heteroatoms. The summed E-state index contributed by atoms with van der Waals surface area (Å²) in [4.78, 5) is 22.9. The van der Waals surface area contributed by atoms with Gasteiger partial charge in [-0.3, -0.25) is 19.8 Å². The van der Waals surface area contributed by atoms with Crippen LogP contribution in [0, 0.1) is 10.1 Å². The van der Waals surface area contributed by atoms with Gasteiger partial charge in [0.15, 0.2) is 5.75 Å². The molecule has 0 aliphatic rings. The third-order valence-electron chi connectivity index (χ3n) is 2.93. The van der Waals surface area contributed by atoms with E-state index in [9.17, 15) is 14.9 Å². The van der Waals surface area contributed by atoms with E-state index in [1.807, 2.05) is 6.92 Å². The monoisotopic (exact) mass is 348 g/mol. The van der Waals surface area contributed by atoms with Gasteiger partial charge in [-0.25, -0.2) is 0 Å². The van der Waals surface area contributed by atoms with E-state index in [-0.39, 0.29) is 37.0 Å². The van der Waals surface area contributed by atoms with Gasteiger partial charge >= 0.3 is 11.7 Å². The Morgan fingerprint density at radius 1 is 1.39 bits per heavy atom. The van der Waals surface area contributed by atoms with E-state index in [1.54, 1.807) is 11.0 Å². The quantitative estimate of drug-likeness (QED) is 0.510. The van der Waals surface area contributed by atoms with Gasteiger partial charge < -0.3 is 14.6 Å². The number of carbonyl (C=O) groups is 1. The third-order valence-corrected chi connectivity index (χ3v) is 2.93. The SMILES string of the molecule is CCCN(CCOc1ccc(OC)cc1[N+](=O)[O-])CC(=O)O.Cl. The lowest BCUT2D eigenvalue weighted by Crippen LogP contribution is -2.34. The maximum absolute atomic E-state index is 11.0. The zero-order valence-corrected chi connectivity index (χ0v) is 13.9. The summed E-state index contributed by atoms with van der Waals surface area (Å²) in [6, 6.07) is 4.33. The number of halogens is 1. The van der Waals surface area contributed by atoms with Gasteiger partial charge in [-0.05, 0) is 25.1 Å². The van der Waals surface area contributed by atoms with Crippen molar-refractivity contribution in [3.63, 3.8) is 0 Å². The number of nitrogens with zero attached hydrogens (tertiary/aromatic N) is 2. The van der Waals surface area contributed by atoms with Crippen molar-refractivity contribution in [2.45, 2.75) is 13.3 Å². The Morgan fingerprint density at radius 3 is 2.61 bits per heavy atom. The first-order chi connectivity index (χ1) is 10.5. The molecule has 0 aliphatic heterocycles. The number of methoxy groups -OCH3 is 1. The minimum atomic E-state index is -0.913. The molecule has 1 N–H and O–H groups in total. The molecule has 0 spiro atoms. The molecule has 0 amide bonds. The van der Waals surface area contributed by atoms with Gasteiger partial charge in [0, 0.05) is 6.54 Å².